The molecule has 1 atom stereocenters. The fourth-order valence-corrected chi connectivity index (χ4v) is 3.97. The van der Waals surface area contributed by atoms with Crippen molar-refractivity contribution in [3.05, 3.63) is 76.2 Å². The molecule has 1 amide bonds. The minimum atomic E-state index is -4.78. The molecule has 1 unspecified atom stereocenters. The van der Waals surface area contributed by atoms with Crippen molar-refractivity contribution in [3.63, 3.8) is 0 Å². The van der Waals surface area contributed by atoms with Crippen LogP contribution in [-0.2, 0) is 10.3 Å². The highest BCUT2D eigenvalue weighted by Gasteiger charge is 2.42. The van der Waals surface area contributed by atoms with Crippen molar-refractivity contribution in [2.45, 2.75) is 18.3 Å². The van der Waals surface area contributed by atoms with Gasteiger partial charge in [0.1, 0.15) is 22.7 Å². The minimum absolute atomic E-state index is 0.250. The number of fused-ring (bicyclic) bond motifs is 1. The van der Waals surface area contributed by atoms with Gasteiger partial charge in [-0.25, -0.2) is 0 Å². The summed E-state index contributed by atoms with van der Waals surface area (Å²) in [5, 5.41) is 13.4. The number of hydrogen-bond donors (Lipinski definition) is 2. The lowest BCUT2D eigenvalue weighted by Crippen LogP contribution is -2.50. The Morgan fingerprint density at radius 3 is 2.59 bits per heavy atom. The summed E-state index contributed by atoms with van der Waals surface area (Å²) in [7, 11) is 0. The second-order valence-electron chi connectivity index (χ2n) is 6.50. The molecule has 2 N–H and O–H groups in total. The fraction of sp³-hybridized carbons (Fsp3) is 0.190. The lowest BCUT2D eigenvalue weighted by atomic mass is 9.81. The van der Waals surface area contributed by atoms with Gasteiger partial charge in [-0.05, 0) is 41.3 Å². The Balaban J connectivity index is 0.000000913. The van der Waals surface area contributed by atoms with Crippen molar-refractivity contribution >= 4 is 23.7 Å². The molecule has 4 rings (SSSR count). The van der Waals surface area contributed by atoms with E-state index in [4.69, 9.17) is 14.6 Å². The average molecular weight is 466 g/mol. The van der Waals surface area contributed by atoms with E-state index in [1.165, 1.54) is 35.6 Å². The summed E-state index contributed by atoms with van der Waals surface area (Å²) in [6, 6.07) is 10.6. The Kier molecular flexibility index (Phi) is 6.98. The molecule has 2 aromatic heterocycles. The van der Waals surface area contributed by atoms with Crippen LogP contribution in [0.1, 0.15) is 28.0 Å². The molecule has 0 spiro atoms. The monoisotopic (exact) mass is 466 g/mol. The zero-order valence-electron chi connectivity index (χ0n) is 16.3. The number of pyridine rings is 1. The average Bonchev–Trinajstić information content (AvgIpc) is 3.29. The van der Waals surface area contributed by atoms with Gasteiger partial charge in [-0.3, -0.25) is 14.6 Å². The molecule has 0 radical (unpaired) electrons. The third kappa shape index (κ3) is 5.17. The van der Waals surface area contributed by atoms with Gasteiger partial charge in [0.15, 0.2) is 0 Å². The summed E-state index contributed by atoms with van der Waals surface area (Å²) in [5.41, 5.74) is 0.526. The SMILES string of the molecule is O=C(NC1(c2ccc(OC(F)(F)F)cc2)CCOc2cccnc21)c1ccsc1.O=CO. The van der Waals surface area contributed by atoms with E-state index in [0.717, 1.165) is 0 Å². The molecule has 32 heavy (non-hydrogen) atoms. The maximum atomic E-state index is 12.9. The number of alkyl halides is 3. The van der Waals surface area contributed by atoms with E-state index < -0.39 is 11.9 Å². The summed E-state index contributed by atoms with van der Waals surface area (Å²) in [4.78, 5) is 25.6. The lowest BCUT2D eigenvalue weighted by molar-refractivity contribution is -0.274. The molecule has 0 saturated carbocycles. The smallest absolute Gasteiger partial charge is 0.491 e. The number of amides is 1. The van der Waals surface area contributed by atoms with Crippen LogP contribution in [0.25, 0.3) is 0 Å². The number of aromatic nitrogens is 1. The predicted octanol–water partition coefficient (Wildman–Crippen LogP) is 4.20. The van der Waals surface area contributed by atoms with Crippen LogP contribution in [0.2, 0.25) is 0 Å². The number of hydrogen-bond acceptors (Lipinski definition) is 6. The lowest BCUT2D eigenvalue weighted by Gasteiger charge is -2.39. The van der Waals surface area contributed by atoms with E-state index in [1.54, 1.807) is 35.2 Å². The number of ether oxygens (including phenoxy) is 2. The topological polar surface area (TPSA) is 97.8 Å². The molecule has 0 saturated heterocycles. The first-order chi connectivity index (χ1) is 15.3. The van der Waals surface area contributed by atoms with Gasteiger partial charge in [-0.1, -0.05) is 12.1 Å². The summed E-state index contributed by atoms with van der Waals surface area (Å²) in [5.74, 6) is -0.130. The van der Waals surface area contributed by atoms with Crippen LogP contribution >= 0.6 is 11.3 Å². The van der Waals surface area contributed by atoms with Crippen molar-refractivity contribution in [3.8, 4) is 11.5 Å². The molecule has 7 nitrogen and oxygen atoms in total. The Morgan fingerprint density at radius 2 is 1.97 bits per heavy atom. The third-order valence-electron chi connectivity index (χ3n) is 4.60. The van der Waals surface area contributed by atoms with Crippen molar-refractivity contribution < 1.29 is 37.3 Å². The summed E-state index contributed by atoms with van der Waals surface area (Å²) in [6.45, 7) is 0.0589. The fourth-order valence-electron chi connectivity index (χ4n) is 3.34. The molecule has 0 bridgehead atoms. The molecule has 3 heterocycles. The van der Waals surface area contributed by atoms with Gasteiger partial charge in [0.2, 0.25) is 0 Å². The second-order valence-corrected chi connectivity index (χ2v) is 7.28. The maximum Gasteiger partial charge on any atom is 0.573 e. The zero-order chi connectivity index (χ0) is 23.2. The molecular formula is C21H17F3N2O5S. The first-order valence-corrected chi connectivity index (χ1v) is 10.1. The number of carboxylic acid groups (broad SMARTS) is 1. The first-order valence-electron chi connectivity index (χ1n) is 9.16. The van der Waals surface area contributed by atoms with Crippen LogP contribution in [0.4, 0.5) is 13.2 Å². The number of carbonyl (C=O) groups excluding carboxylic acids is 1. The van der Waals surface area contributed by atoms with Crippen LogP contribution in [0.3, 0.4) is 0 Å². The molecule has 3 aromatic rings. The normalized spacial score (nSPS) is 17.1. The summed E-state index contributed by atoms with van der Waals surface area (Å²) in [6.07, 6.45) is -2.83. The Morgan fingerprint density at radius 1 is 1.25 bits per heavy atom. The van der Waals surface area contributed by atoms with E-state index in [9.17, 15) is 18.0 Å². The van der Waals surface area contributed by atoms with Crippen molar-refractivity contribution in [1.29, 1.82) is 0 Å². The highest BCUT2D eigenvalue weighted by Crippen LogP contribution is 2.41. The van der Waals surface area contributed by atoms with Crippen LogP contribution in [0.15, 0.2) is 59.4 Å². The number of halogens is 3. The van der Waals surface area contributed by atoms with E-state index >= 15 is 0 Å². The third-order valence-corrected chi connectivity index (χ3v) is 5.28. The molecule has 1 aliphatic heterocycles. The van der Waals surface area contributed by atoms with Gasteiger partial charge in [0.25, 0.3) is 12.4 Å². The molecule has 11 heteroatoms. The Labute approximate surface area is 184 Å². The number of nitrogens with zero attached hydrogens (tertiary/aromatic N) is 1. The minimum Gasteiger partial charge on any atom is -0.491 e. The summed E-state index contributed by atoms with van der Waals surface area (Å²) < 4.78 is 47.1. The van der Waals surface area contributed by atoms with E-state index in [2.05, 4.69) is 15.0 Å². The number of thiophene rings is 1. The van der Waals surface area contributed by atoms with Crippen LogP contribution in [0.5, 0.6) is 11.5 Å². The molecule has 0 aliphatic carbocycles. The number of nitrogens with one attached hydrogen (secondary N) is 1. The quantitative estimate of drug-likeness (QED) is 0.560. The van der Waals surface area contributed by atoms with Crippen LogP contribution in [0, 0.1) is 0 Å². The molecule has 168 valence electrons. The Hall–Kier alpha value is -3.60. The van der Waals surface area contributed by atoms with Crippen LogP contribution in [-0.4, -0.2) is 35.4 Å². The molecule has 1 aliphatic rings. The first kappa shape index (κ1) is 23.1. The van der Waals surface area contributed by atoms with E-state index in [-0.39, 0.29) is 18.1 Å². The largest absolute Gasteiger partial charge is 0.573 e. The predicted molar refractivity (Wildman–Crippen MR) is 109 cm³/mol. The second kappa shape index (κ2) is 9.69. The maximum absolute atomic E-state index is 12.9. The van der Waals surface area contributed by atoms with Gasteiger partial charge in [-0.2, -0.15) is 11.3 Å². The summed E-state index contributed by atoms with van der Waals surface area (Å²) >= 11 is 1.39. The highest BCUT2D eigenvalue weighted by molar-refractivity contribution is 7.08. The highest BCUT2D eigenvalue weighted by atomic mass is 32.1. The van der Waals surface area contributed by atoms with E-state index in [0.29, 0.717) is 35.6 Å². The molecule has 1 aromatic carbocycles. The van der Waals surface area contributed by atoms with Crippen LogP contribution < -0.4 is 14.8 Å². The standard InChI is InChI=1S/C20H15F3N2O3S.CH2O2/c21-20(22,23)28-15-5-3-14(4-6-15)19(25-18(26)13-7-11-29-12-13)8-10-27-16-2-1-9-24-17(16)19;2-1-3/h1-7,9,11-12H,8,10H2,(H,25,26);1H,(H,2,3). The molecule has 0 fully saturated rings. The van der Waals surface area contributed by atoms with Gasteiger partial charge < -0.3 is 19.9 Å². The zero-order valence-corrected chi connectivity index (χ0v) is 17.2. The van der Waals surface area contributed by atoms with Gasteiger partial charge in [-0.15, -0.1) is 13.2 Å². The van der Waals surface area contributed by atoms with Gasteiger partial charge in [0.05, 0.1) is 12.2 Å². The van der Waals surface area contributed by atoms with Crippen molar-refractivity contribution in [1.82, 2.24) is 10.3 Å². The van der Waals surface area contributed by atoms with E-state index in [1.807, 2.05) is 0 Å². The number of rotatable bonds is 4. The number of benzene rings is 1. The van der Waals surface area contributed by atoms with Gasteiger partial charge >= 0.3 is 6.36 Å². The Bertz CT molecular complexity index is 1060. The molecular weight excluding hydrogens is 449 g/mol. The van der Waals surface area contributed by atoms with Gasteiger partial charge in [0, 0.05) is 18.0 Å². The van der Waals surface area contributed by atoms with Crippen molar-refractivity contribution in [2.24, 2.45) is 0 Å². The number of carbonyl (C=O) groups is 2. The van der Waals surface area contributed by atoms with Crippen molar-refractivity contribution in [2.75, 3.05) is 6.61 Å².